The summed E-state index contributed by atoms with van der Waals surface area (Å²) < 4.78 is 10.4. The Morgan fingerprint density at radius 3 is 1.86 bits per heavy atom. The minimum atomic E-state index is -1.41. The number of amides is 1. The molecule has 0 radical (unpaired) electrons. The van der Waals surface area contributed by atoms with Crippen LogP contribution in [0, 0.1) is 0 Å². The minimum Gasteiger partial charge on any atom is -0.468 e. The molecule has 5 rings (SSSR count). The molecule has 0 fully saturated rings. The van der Waals surface area contributed by atoms with Crippen LogP contribution in [-0.2, 0) is 29.3 Å². The van der Waals surface area contributed by atoms with Gasteiger partial charge in [-0.3, -0.25) is 9.59 Å². The van der Waals surface area contributed by atoms with Gasteiger partial charge < -0.3 is 14.8 Å². The number of hydrogen-bond donors (Lipinski definition) is 1. The van der Waals surface area contributed by atoms with Crippen molar-refractivity contribution in [1.82, 2.24) is 5.32 Å². The highest BCUT2D eigenvalue weighted by atomic mass is 16.5. The van der Waals surface area contributed by atoms with E-state index in [0.29, 0.717) is 0 Å². The van der Waals surface area contributed by atoms with E-state index in [2.05, 4.69) is 5.32 Å². The van der Waals surface area contributed by atoms with Crippen molar-refractivity contribution in [3.8, 4) is 0 Å². The lowest BCUT2D eigenvalue weighted by Gasteiger charge is -2.55. The molecule has 0 aromatic heterocycles. The lowest BCUT2D eigenvalue weighted by molar-refractivity contribution is -0.157. The van der Waals surface area contributed by atoms with Crippen LogP contribution < -0.4 is 5.32 Å². The highest BCUT2D eigenvalue weighted by Crippen LogP contribution is 2.60. The molecule has 6 nitrogen and oxygen atoms in total. The zero-order chi connectivity index (χ0) is 20.1. The average Bonchev–Trinajstić information content (AvgIpc) is 2.72. The maximum atomic E-state index is 13.3. The fourth-order valence-electron chi connectivity index (χ4n) is 5.15. The first-order valence-corrected chi connectivity index (χ1v) is 9.06. The summed E-state index contributed by atoms with van der Waals surface area (Å²) in [4.78, 5) is 38.5. The molecule has 0 saturated heterocycles. The lowest BCUT2D eigenvalue weighted by atomic mass is 9.48. The van der Waals surface area contributed by atoms with Gasteiger partial charge in [0.2, 0.25) is 5.91 Å². The van der Waals surface area contributed by atoms with Crippen LogP contribution in [0.4, 0.5) is 0 Å². The number of ether oxygens (including phenoxy) is 2. The second-order valence-corrected chi connectivity index (χ2v) is 7.33. The highest BCUT2D eigenvalue weighted by Gasteiger charge is 2.66. The first kappa shape index (κ1) is 18.2. The molecule has 2 aromatic rings. The monoisotopic (exact) mass is 379 g/mol. The normalized spacial score (nSPS) is 26.6. The number of nitrogens with one attached hydrogen (secondary N) is 1. The Balaban J connectivity index is 2.14. The van der Waals surface area contributed by atoms with Gasteiger partial charge in [0.15, 0.2) is 5.54 Å². The molecule has 28 heavy (non-hydrogen) atoms. The van der Waals surface area contributed by atoms with Crippen molar-refractivity contribution in [1.29, 1.82) is 0 Å². The van der Waals surface area contributed by atoms with Crippen molar-refractivity contribution in [3.05, 3.63) is 70.8 Å². The van der Waals surface area contributed by atoms with Gasteiger partial charge in [-0.1, -0.05) is 48.5 Å². The predicted molar refractivity (Wildman–Crippen MR) is 101 cm³/mol. The molecule has 2 aromatic carbocycles. The zero-order valence-electron chi connectivity index (χ0n) is 15.9. The number of benzene rings is 2. The van der Waals surface area contributed by atoms with Crippen LogP contribution in [0.1, 0.15) is 41.5 Å². The van der Waals surface area contributed by atoms with E-state index in [9.17, 15) is 14.4 Å². The summed E-state index contributed by atoms with van der Waals surface area (Å²) in [6.07, 6.45) is 0.0393. The van der Waals surface area contributed by atoms with E-state index >= 15 is 0 Å². The Morgan fingerprint density at radius 1 is 0.893 bits per heavy atom. The summed E-state index contributed by atoms with van der Waals surface area (Å²) in [5.74, 6) is -1.88. The van der Waals surface area contributed by atoms with E-state index in [-0.39, 0.29) is 12.3 Å². The standard InChI is InChI=1S/C22H21NO5/c1-13(24)23-22(20(26)28-3)12-21(19(25)27-2)16-10-6-4-8-14(16)18(22)15-9-5-7-11-17(15)21/h4-11,18H,12H2,1-3H3,(H,23,24). The fraction of sp³-hybridized carbons (Fsp3) is 0.318. The summed E-state index contributed by atoms with van der Waals surface area (Å²) in [5, 5.41) is 2.84. The topological polar surface area (TPSA) is 81.7 Å². The van der Waals surface area contributed by atoms with E-state index in [1.54, 1.807) is 0 Å². The van der Waals surface area contributed by atoms with Crippen LogP contribution in [0.2, 0.25) is 0 Å². The third-order valence-corrected chi connectivity index (χ3v) is 5.98. The molecule has 0 heterocycles. The Morgan fingerprint density at radius 2 is 1.39 bits per heavy atom. The molecular formula is C22H21NO5. The molecule has 144 valence electrons. The van der Waals surface area contributed by atoms with Gasteiger partial charge in [-0.05, 0) is 22.3 Å². The van der Waals surface area contributed by atoms with Crippen LogP contribution in [0.3, 0.4) is 0 Å². The number of rotatable bonds is 3. The first-order chi connectivity index (χ1) is 13.4. The van der Waals surface area contributed by atoms with E-state index in [1.807, 2.05) is 48.5 Å². The second-order valence-electron chi connectivity index (χ2n) is 7.33. The first-order valence-electron chi connectivity index (χ1n) is 9.06. The van der Waals surface area contributed by atoms with Gasteiger partial charge in [-0.2, -0.15) is 0 Å². The number of methoxy groups -OCH3 is 2. The van der Waals surface area contributed by atoms with Gasteiger partial charge in [0.25, 0.3) is 0 Å². The van der Waals surface area contributed by atoms with Crippen molar-refractivity contribution in [2.45, 2.75) is 30.2 Å². The molecule has 1 N–H and O–H groups in total. The van der Waals surface area contributed by atoms with Gasteiger partial charge in [-0.15, -0.1) is 0 Å². The fourth-order valence-corrected chi connectivity index (χ4v) is 5.15. The Bertz CT molecular complexity index is 950. The average molecular weight is 379 g/mol. The van der Waals surface area contributed by atoms with Crippen molar-refractivity contribution in [3.63, 3.8) is 0 Å². The van der Waals surface area contributed by atoms with Gasteiger partial charge in [0.1, 0.15) is 5.41 Å². The molecule has 1 unspecified atom stereocenters. The molecule has 1 amide bonds. The van der Waals surface area contributed by atoms with Crippen molar-refractivity contribution >= 4 is 17.8 Å². The summed E-state index contributed by atoms with van der Waals surface area (Å²) in [7, 11) is 2.62. The van der Waals surface area contributed by atoms with Gasteiger partial charge in [0.05, 0.1) is 14.2 Å². The zero-order valence-corrected chi connectivity index (χ0v) is 15.9. The third kappa shape index (κ3) is 2.11. The van der Waals surface area contributed by atoms with E-state index < -0.39 is 28.8 Å². The van der Waals surface area contributed by atoms with Gasteiger partial charge in [-0.25, -0.2) is 4.79 Å². The minimum absolute atomic E-state index is 0.0393. The number of carbonyl (C=O) groups excluding carboxylic acids is 3. The Labute approximate surface area is 162 Å². The Hall–Kier alpha value is -3.15. The maximum absolute atomic E-state index is 13.3. The molecular weight excluding hydrogens is 358 g/mol. The number of esters is 2. The van der Waals surface area contributed by atoms with Crippen LogP contribution >= 0.6 is 0 Å². The van der Waals surface area contributed by atoms with E-state index in [4.69, 9.17) is 9.47 Å². The molecule has 3 aliphatic carbocycles. The van der Waals surface area contributed by atoms with Crippen LogP contribution in [0.5, 0.6) is 0 Å². The van der Waals surface area contributed by atoms with Crippen LogP contribution in [-0.4, -0.2) is 37.6 Å². The van der Waals surface area contributed by atoms with E-state index in [1.165, 1.54) is 21.1 Å². The largest absolute Gasteiger partial charge is 0.468 e. The molecule has 0 spiro atoms. The Kier molecular flexibility index (Phi) is 4.03. The van der Waals surface area contributed by atoms with Crippen molar-refractivity contribution in [2.24, 2.45) is 0 Å². The number of fused-ring (bicyclic) bond motifs is 1. The van der Waals surface area contributed by atoms with Crippen molar-refractivity contribution < 1.29 is 23.9 Å². The summed E-state index contributed by atoms with van der Waals surface area (Å²) in [6.45, 7) is 1.36. The molecule has 3 aliphatic rings. The predicted octanol–water partition coefficient (Wildman–Crippen LogP) is 2.04. The maximum Gasteiger partial charge on any atom is 0.332 e. The SMILES string of the molecule is COC(=O)C12CC(NC(C)=O)(C(=O)OC)C(c3ccccc31)c1ccccc12. The van der Waals surface area contributed by atoms with Gasteiger partial charge in [0, 0.05) is 19.3 Å². The van der Waals surface area contributed by atoms with Crippen LogP contribution in [0.25, 0.3) is 0 Å². The number of carbonyl (C=O) groups is 3. The molecule has 1 atom stereocenters. The number of hydrogen-bond acceptors (Lipinski definition) is 5. The van der Waals surface area contributed by atoms with Crippen molar-refractivity contribution in [2.75, 3.05) is 14.2 Å². The summed E-state index contributed by atoms with van der Waals surface area (Å²) in [5.41, 5.74) is 0.616. The molecule has 0 saturated carbocycles. The highest BCUT2D eigenvalue weighted by molar-refractivity contribution is 5.98. The second kappa shape index (κ2) is 6.19. The van der Waals surface area contributed by atoms with Crippen LogP contribution in [0.15, 0.2) is 48.5 Å². The third-order valence-electron chi connectivity index (χ3n) is 5.98. The summed E-state index contributed by atoms with van der Waals surface area (Å²) in [6, 6.07) is 15.0. The molecule has 0 aliphatic heterocycles. The molecule has 2 bridgehead atoms. The lowest BCUT2D eigenvalue weighted by Crippen LogP contribution is -2.68. The summed E-state index contributed by atoms with van der Waals surface area (Å²) >= 11 is 0. The van der Waals surface area contributed by atoms with Gasteiger partial charge >= 0.3 is 11.9 Å². The van der Waals surface area contributed by atoms with E-state index in [0.717, 1.165) is 22.3 Å². The smallest absolute Gasteiger partial charge is 0.332 e. The molecule has 6 heteroatoms. The quantitative estimate of drug-likeness (QED) is 0.826.